The first kappa shape index (κ1) is 14.9. The monoisotopic (exact) mass is 329 g/mol. The van der Waals surface area contributed by atoms with Gasteiger partial charge >= 0.3 is 0 Å². The summed E-state index contributed by atoms with van der Waals surface area (Å²) in [5.74, 6) is -0.0405. The van der Waals surface area contributed by atoms with E-state index in [1.54, 1.807) is 0 Å². The third kappa shape index (κ3) is 3.58. The van der Waals surface area contributed by atoms with Crippen molar-refractivity contribution in [3.05, 3.63) is 54.0 Å². The van der Waals surface area contributed by atoms with Crippen molar-refractivity contribution < 1.29 is 4.79 Å². The molecule has 2 N–H and O–H groups in total. The highest BCUT2D eigenvalue weighted by molar-refractivity contribution is 8.00. The first-order valence-electron chi connectivity index (χ1n) is 6.84. The quantitative estimate of drug-likeness (QED) is 0.688. The van der Waals surface area contributed by atoms with Gasteiger partial charge in [-0.2, -0.15) is 0 Å². The number of anilines is 1. The van der Waals surface area contributed by atoms with Gasteiger partial charge in [0.1, 0.15) is 0 Å². The first-order valence-corrected chi connectivity index (χ1v) is 8.60. The molecule has 6 heteroatoms. The molecular weight excluding hydrogens is 314 g/mol. The molecule has 0 spiro atoms. The number of nitrogens with one attached hydrogen (secondary N) is 2. The van der Waals surface area contributed by atoms with Crippen molar-refractivity contribution in [1.82, 2.24) is 9.97 Å². The van der Waals surface area contributed by atoms with Crippen LogP contribution in [-0.2, 0) is 4.79 Å². The molecule has 3 rings (SSSR count). The summed E-state index contributed by atoms with van der Waals surface area (Å²) < 4.78 is 0. The molecule has 0 fully saturated rings. The Morgan fingerprint density at radius 3 is 2.82 bits per heavy atom. The van der Waals surface area contributed by atoms with Crippen LogP contribution in [0.1, 0.15) is 6.92 Å². The van der Waals surface area contributed by atoms with Crippen molar-refractivity contribution in [2.24, 2.45) is 0 Å². The Balaban J connectivity index is 1.62. The molecule has 2 aromatic heterocycles. The first-order chi connectivity index (χ1) is 10.7. The molecule has 1 aromatic carbocycles. The van der Waals surface area contributed by atoms with Crippen LogP contribution in [0, 0.1) is 0 Å². The number of hydrogen-bond donors (Lipinski definition) is 2. The molecule has 0 aliphatic heterocycles. The number of carbonyl (C=O) groups excluding carboxylic acids is 1. The number of thioether (sulfide) groups is 1. The molecule has 0 bridgehead atoms. The van der Waals surface area contributed by atoms with Gasteiger partial charge in [-0.05, 0) is 31.2 Å². The van der Waals surface area contributed by atoms with Crippen LogP contribution in [-0.4, -0.2) is 21.1 Å². The summed E-state index contributed by atoms with van der Waals surface area (Å²) in [7, 11) is 0. The lowest BCUT2D eigenvalue weighted by Crippen LogP contribution is -2.22. The Labute approximate surface area is 137 Å². The van der Waals surface area contributed by atoms with Crippen molar-refractivity contribution in [2.45, 2.75) is 17.1 Å². The predicted octanol–water partition coefficient (Wildman–Crippen LogP) is 4.26. The maximum absolute atomic E-state index is 12.2. The summed E-state index contributed by atoms with van der Waals surface area (Å²) in [5.41, 5.74) is 1.79. The van der Waals surface area contributed by atoms with Crippen LogP contribution in [0.4, 0.5) is 5.13 Å². The van der Waals surface area contributed by atoms with Gasteiger partial charge in [0.05, 0.1) is 16.6 Å². The summed E-state index contributed by atoms with van der Waals surface area (Å²) in [5, 5.41) is 5.25. The Kier molecular flexibility index (Phi) is 4.60. The lowest BCUT2D eigenvalue weighted by molar-refractivity contribution is -0.115. The highest BCUT2D eigenvalue weighted by atomic mass is 32.2. The largest absolute Gasteiger partial charge is 0.360 e. The number of amides is 1. The van der Waals surface area contributed by atoms with E-state index in [1.807, 2.05) is 61.0 Å². The molecule has 22 heavy (non-hydrogen) atoms. The Morgan fingerprint density at radius 1 is 1.27 bits per heavy atom. The van der Waals surface area contributed by atoms with E-state index < -0.39 is 0 Å². The van der Waals surface area contributed by atoms with E-state index in [0.29, 0.717) is 5.13 Å². The maximum atomic E-state index is 12.2. The predicted molar refractivity (Wildman–Crippen MR) is 92.3 cm³/mol. The minimum absolute atomic E-state index is 0.0405. The van der Waals surface area contributed by atoms with E-state index in [4.69, 9.17) is 0 Å². The summed E-state index contributed by atoms with van der Waals surface area (Å²) >= 11 is 2.96. The molecule has 1 amide bonds. The van der Waals surface area contributed by atoms with E-state index in [0.717, 1.165) is 16.3 Å². The topological polar surface area (TPSA) is 57.8 Å². The van der Waals surface area contributed by atoms with Gasteiger partial charge < -0.3 is 10.3 Å². The molecule has 1 atom stereocenters. The SMILES string of the molecule is CC(Sc1ccccc1)C(=O)Nc1nc(-c2ccc[nH]2)cs1. The Morgan fingerprint density at radius 2 is 2.09 bits per heavy atom. The number of nitrogens with zero attached hydrogens (tertiary/aromatic N) is 1. The van der Waals surface area contributed by atoms with Gasteiger partial charge in [0.15, 0.2) is 5.13 Å². The van der Waals surface area contributed by atoms with Crippen LogP contribution in [0.15, 0.2) is 58.9 Å². The number of aromatic amines is 1. The molecule has 0 aliphatic rings. The van der Waals surface area contributed by atoms with E-state index in [2.05, 4.69) is 15.3 Å². The second-order valence-corrected chi connectivity index (χ2v) is 6.96. The minimum Gasteiger partial charge on any atom is -0.360 e. The van der Waals surface area contributed by atoms with Gasteiger partial charge in [-0.1, -0.05) is 18.2 Å². The number of hydrogen-bond acceptors (Lipinski definition) is 4. The van der Waals surface area contributed by atoms with Gasteiger partial charge in [-0.15, -0.1) is 23.1 Å². The van der Waals surface area contributed by atoms with Crippen LogP contribution in [0.2, 0.25) is 0 Å². The molecule has 0 radical (unpaired) electrons. The van der Waals surface area contributed by atoms with Crippen molar-refractivity contribution in [3.63, 3.8) is 0 Å². The minimum atomic E-state index is -0.180. The van der Waals surface area contributed by atoms with Crippen LogP contribution < -0.4 is 5.32 Å². The van der Waals surface area contributed by atoms with Gasteiger partial charge in [-0.3, -0.25) is 4.79 Å². The van der Waals surface area contributed by atoms with Crippen LogP contribution >= 0.6 is 23.1 Å². The maximum Gasteiger partial charge on any atom is 0.239 e. The highest BCUT2D eigenvalue weighted by Crippen LogP contribution is 2.26. The highest BCUT2D eigenvalue weighted by Gasteiger charge is 2.16. The Bertz CT molecular complexity index is 738. The number of rotatable bonds is 5. The molecule has 2 heterocycles. The zero-order chi connectivity index (χ0) is 15.4. The van der Waals surface area contributed by atoms with E-state index in [-0.39, 0.29) is 11.2 Å². The third-order valence-electron chi connectivity index (χ3n) is 3.03. The lowest BCUT2D eigenvalue weighted by Gasteiger charge is -2.10. The van der Waals surface area contributed by atoms with Crippen LogP contribution in [0.5, 0.6) is 0 Å². The van der Waals surface area contributed by atoms with Crippen molar-refractivity contribution in [1.29, 1.82) is 0 Å². The molecule has 3 aromatic rings. The standard InChI is InChI=1S/C16H15N3OS2/c1-11(22-12-6-3-2-4-7-12)15(20)19-16-18-14(10-21-16)13-8-5-9-17-13/h2-11,17H,1H3,(H,18,19,20). The molecule has 0 saturated carbocycles. The number of benzene rings is 1. The molecule has 4 nitrogen and oxygen atoms in total. The number of H-pyrrole nitrogens is 1. The summed E-state index contributed by atoms with van der Waals surface area (Å²) in [6.07, 6.45) is 1.85. The van der Waals surface area contributed by atoms with Gasteiger partial charge in [0.25, 0.3) is 0 Å². The second-order valence-electron chi connectivity index (χ2n) is 4.68. The smallest absolute Gasteiger partial charge is 0.239 e. The number of thiazole rings is 1. The van der Waals surface area contributed by atoms with Crippen molar-refractivity contribution in [2.75, 3.05) is 5.32 Å². The molecule has 112 valence electrons. The molecule has 0 saturated heterocycles. The average molecular weight is 329 g/mol. The molecule has 1 unspecified atom stereocenters. The summed E-state index contributed by atoms with van der Waals surface area (Å²) in [6, 6.07) is 13.8. The van der Waals surface area contributed by atoms with E-state index >= 15 is 0 Å². The fraction of sp³-hybridized carbons (Fsp3) is 0.125. The van der Waals surface area contributed by atoms with Crippen LogP contribution in [0.3, 0.4) is 0 Å². The third-order valence-corrected chi connectivity index (χ3v) is 4.90. The summed E-state index contributed by atoms with van der Waals surface area (Å²) in [6.45, 7) is 1.90. The average Bonchev–Trinajstić information content (AvgIpc) is 3.19. The normalized spacial score (nSPS) is 12.0. The Hall–Kier alpha value is -2.05. The number of carbonyl (C=O) groups is 1. The van der Waals surface area contributed by atoms with Gasteiger partial charge in [0, 0.05) is 16.5 Å². The fourth-order valence-electron chi connectivity index (χ4n) is 1.91. The van der Waals surface area contributed by atoms with E-state index in [9.17, 15) is 4.79 Å². The van der Waals surface area contributed by atoms with Crippen molar-refractivity contribution >= 4 is 34.1 Å². The second kappa shape index (κ2) is 6.81. The summed E-state index contributed by atoms with van der Waals surface area (Å²) in [4.78, 5) is 20.9. The number of aromatic nitrogens is 2. The zero-order valence-corrected chi connectivity index (χ0v) is 13.6. The zero-order valence-electron chi connectivity index (χ0n) is 11.9. The fourth-order valence-corrected chi connectivity index (χ4v) is 3.51. The van der Waals surface area contributed by atoms with Gasteiger partial charge in [0.2, 0.25) is 5.91 Å². The molecule has 0 aliphatic carbocycles. The molecular formula is C16H15N3OS2. The van der Waals surface area contributed by atoms with Gasteiger partial charge in [-0.25, -0.2) is 4.98 Å². The van der Waals surface area contributed by atoms with E-state index in [1.165, 1.54) is 23.1 Å². The van der Waals surface area contributed by atoms with Crippen molar-refractivity contribution in [3.8, 4) is 11.4 Å². The van der Waals surface area contributed by atoms with Crippen LogP contribution in [0.25, 0.3) is 11.4 Å². The lowest BCUT2D eigenvalue weighted by atomic mass is 10.3.